The normalized spacial score (nSPS) is 18.3. The summed E-state index contributed by atoms with van der Waals surface area (Å²) in [6, 6.07) is 11.1. The quantitative estimate of drug-likeness (QED) is 0.761. The van der Waals surface area contributed by atoms with Crippen LogP contribution in [0.4, 0.5) is 15.8 Å². The zero-order chi connectivity index (χ0) is 20.8. The largest absolute Gasteiger partial charge is 0.372 e. The third-order valence-corrected chi connectivity index (χ3v) is 5.68. The lowest BCUT2D eigenvalue weighted by Gasteiger charge is -2.19. The Labute approximate surface area is 173 Å². The minimum Gasteiger partial charge on any atom is -0.372 e. The molecule has 0 aliphatic carbocycles. The molecular formula is C24H32FN3O. The average Bonchev–Trinajstić information content (AvgIpc) is 3.39. The van der Waals surface area contributed by atoms with Gasteiger partial charge in [0.1, 0.15) is 5.82 Å². The number of carbonyl (C=O) groups excluding carboxylic acids is 1. The number of anilines is 2. The molecule has 29 heavy (non-hydrogen) atoms. The fraction of sp³-hybridized carbons (Fsp3) is 0.458. The van der Waals surface area contributed by atoms with Crippen molar-refractivity contribution in [2.24, 2.45) is 0 Å². The number of hydrogen-bond donors (Lipinski definition) is 2. The Bertz CT molecular complexity index is 840. The Morgan fingerprint density at radius 1 is 1.07 bits per heavy atom. The Balaban J connectivity index is 0.000000343. The van der Waals surface area contributed by atoms with E-state index in [9.17, 15) is 9.18 Å². The number of halogens is 1. The second kappa shape index (κ2) is 9.88. The van der Waals surface area contributed by atoms with Crippen LogP contribution in [0, 0.1) is 19.7 Å². The van der Waals surface area contributed by atoms with Crippen LogP contribution in [0.5, 0.6) is 0 Å². The summed E-state index contributed by atoms with van der Waals surface area (Å²) >= 11 is 0. The summed E-state index contributed by atoms with van der Waals surface area (Å²) in [5, 5.41) is 6.21. The number of carbonyl (C=O) groups is 1. The standard InChI is InChI=1S/C19H21FN2O.C5H11N/c1-13-5-6-15(20)12-17(13)19(23)21-18-8-7-16(11-14(18)2)22-9-3-4-10-22;1-5-3-2-4-6-5/h5-8,11-12H,3-4,9-10H2,1-2H3,(H,21,23);5-6H,2-4H2,1H3. The van der Waals surface area contributed by atoms with Crippen LogP contribution in [0.25, 0.3) is 0 Å². The minimum atomic E-state index is -0.401. The third-order valence-electron chi connectivity index (χ3n) is 5.68. The third kappa shape index (κ3) is 5.80. The minimum absolute atomic E-state index is 0.279. The van der Waals surface area contributed by atoms with Crippen LogP contribution < -0.4 is 15.5 Å². The van der Waals surface area contributed by atoms with Gasteiger partial charge in [0.2, 0.25) is 0 Å². The molecule has 0 aromatic heterocycles. The highest BCUT2D eigenvalue weighted by molar-refractivity contribution is 6.05. The Hall–Kier alpha value is -2.40. The van der Waals surface area contributed by atoms with E-state index in [1.54, 1.807) is 13.0 Å². The molecule has 1 unspecified atom stereocenters. The van der Waals surface area contributed by atoms with Crippen LogP contribution in [-0.2, 0) is 0 Å². The number of nitrogens with one attached hydrogen (secondary N) is 2. The Morgan fingerprint density at radius 2 is 1.83 bits per heavy atom. The van der Waals surface area contributed by atoms with Crippen LogP contribution in [0.2, 0.25) is 0 Å². The second-order valence-corrected chi connectivity index (χ2v) is 8.10. The topological polar surface area (TPSA) is 44.4 Å². The fourth-order valence-electron chi connectivity index (χ4n) is 3.85. The van der Waals surface area contributed by atoms with Crippen molar-refractivity contribution >= 4 is 17.3 Å². The molecule has 2 aromatic rings. The van der Waals surface area contributed by atoms with E-state index in [0.29, 0.717) is 5.56 Å². The molecule has 2 fully saturated rings. The summed E-state index contributed by atoms with van der Waals surface area (Å²) in [7, 11) is 0. The average molecular weight is 398 g/mol. The number of amides is 1. The molecule has 2 N–H and O–H groups in total. The van der Waals surface area contributed by atoms with E-state index in [4.69, 9.17) is 0 Å². The van der Waals surface area contributed by atoms with Gasteiger partial charge in [0.25, 0.3) is 5.91 Å². The van der Waals surface area contributed by atoms with Gasteiger partial charge < -0.3 is 15.5 Å². The zero-order valence-electron chi connectivity index (χ0n) is 17.7. The van der Waals surface area contributed by atoms with E-state index in [0.717, 1.165) is 35.9 Å². The predicted molar refractivity (Wildman–Crippen MR) is 118 cm³/mol. The molecular weight excluding hydrogens is 365 g/mol. The van der Waals surface area contributed by atoms with E-state index in [-0.39, 0.29) is 5.91 Å². The zero-order valence-corrected chi connectivity index (χ0v) is 17.7. The van der Waals surface area contributed by atoms with Crippen LogP contribution >= 0.6 is 0 Å². The van der Waals surface area contributed by atoms with Crippen molar-refractivity contribution in [1.29, 1.82) is 0 Å². The molecule has 5 heteroatoms. The molecule has 2 aromatic carbocycles. The highest BCUT2D eigenvalue weighted by Crippen LogP contribution is 2.26. The lowest BCUT2D eigenvalue weighted by atomic mass is 10.1. The van der Waals surface area contributed by atoms with Gasteiger partial charge in [-0.15, -0.1) is 0 Å². The first-order valence-electron chi connectivity index (χ1n) is 10.6. The van der Waals surface area contributed by atoms with Crippen molar-refractivity contribution in [3.8, 4) is 0 Å². The van der Waals surface area contributed by atoms with Crippen molar-refractivity contribution in [2.45, 2.75) is 52.5 Å². The van der Waals surface area contributed by atoms with E-state index >= 15 is 0 Å². The summed E-state index contributed by atoms with van der Waals surface area (Å²) < 4.78 is 13.4. The first-order chi connectivity index (χ1) is 13.9. The monoisotopic (exact) mass is 397 g/mol. The maximum absolute atomic E-state index is 13.4. The number of hydrogen-bond acceptors (Lipinski definition) is 3. The SMILES string of the molecule is CC1CCCN1.Cc1cc(N2CCCC2)ccc1NC(=O)c1cc(F)ccc1C. The molecule has 2 heterocycles. The molecule has 4 nitrogen and oxygen atoms in total. The van der Waals surface area contributed by atoms with Gasteiger partial charge in [0.05, 0.1) is 0 Å². The van der Waals surface area contributed by atoms with Crippen molar-refractivity contribution in [3.63, 3.8) is 0 Å². The van der Waals surface area contributed by atoms with Gasteiger partial charge in [-0.2, -0.15) is 0 Å². The molecule has 2 aliphatic rings. The van der Waals surface area contributed by atoms with Gasteiger partial charge >= 0.3 is 0 Å². The molecule has 0 radical (unpaired) electrons. The van der Waals surface area contributed by atoms with E-state index < -0.39 is 5.82 Å². The number of aryl methyl sites for hydroxylation is 2. The van der Waals surface area contributed by atoms with Gasteiger partial charge in [-0.25, -0.2) is 4.39 Å². The smallest absolute Gasteiger partial charge is 0.256 e. The molecule has 1 amide bonds. The maximum Gasteiger partial charge on any atom is 0.256 e. The Morgan fingerprint density at radius 3 is 2.41 bits per heavy atom. The van der Waals surface area contributed by atoms with E-state index in [1.165, 1.54) is 50.0 Å². The van der Waals surface area contributed by atoms with Crippen molar-refractivity contribution in [3.05, 3.63) is 58.9 Å². The van der Waals surface area contributed by atoms with Crippen LogP contribution in [0.1, 0.15) is 54.1 Å². The first kappa shape index (κ1) is 21.3. The molecule has 4 rings (SSSR count). The molecule has 156 valence electrons. The number of rotatable bonds is 3. The van der Waals surface area contributed by atoms with E-state index in [1.807, 2.05) is 19.1 Å². The first-order valence-corrected chi connectivity index (χ1v) is 10.6. The summed E-state index contributed by atoms with van der Waals surface area (Å²) in [6.45, 7) is 9.43. The molecule has 0 saturated carbocycles. The van der Waals surface area contributed by atoms with Gasteiger partial charge in [0.15, 0.2) is 0 Å². The molecule has 1 atom stereocenters. The Kier molecular flexibility index (Phi) is 7.26. The number of benzene rings is 2. The van der Waals surface area contributed by atoms with Gasteiger partial charge in [-0.05, 0) is 94.5 Å². The van der Waals surface area contributed by atoms with Crippen LogP contribution in [0.3, 0.4) is 0 Å². The van der Waals surface area contributed by atoms with Gasteiger partial charge in [-0.1, -0.05) is 6.07 Å². The molecule has 2 saturated heterocycles. The van der Waals surface area contributed by atoms with Crippen molar-refractivity contribution in [2.75, 3.05) is 29.9 Å². The van der Waals surface area contributed by atoms with E-state index in [2.05, 4.69) is 28.5 Å². The van der Waals surface area contributed by atoms with Gasteiger partial charge in [-0.3, -0.25) is 4.79 Å². The number of nitrogens with zero attached hydrogens (tertiary/aromatic N) is 1. The maximum atomic E-state index is 13.4. The molecule has 0 bridgehead atoms. The molecule has 2 aliphatic heterocycles. The molecule has 0 spiro atoms. The van der Waals surface area contributed by atoms with Crippen LogP contribution in [0.15, 0.2) is 36.4 Å². The lowest BCUT2D eigenvalue weighted by Crippen LogP contribution is -2.18. The summed E-state index contributed by atoms with van der Waals surface area (Å²) in [5.41, 5.74) is 4.10. The van der Waals surface area contributed by atoms with Gasteiger partial charge in [0, 0.05) is 36.1 Å². The summed E-state index contributed by atoms with van der Waals surface area (Å²) in [5.74, 6) is -0.680. The predicted octanol–water partition coefficient (Wildman–Crippen LogP) is 5.05. The fourth-order valence-corrected chi connectivity index (χ4v) is 3.85. The highest BCUT2D eigenvalue weighted by atomic mass is 19.1. The van der Waals surface area contributed by atoms with Crippen molar-refractivity contribution in [1.82, 2.24) is 5.32 Å². The summed E-state index contributed by atoms with van der Waals surface area (Å²) in [6.07, 6.45) is 5.22. The second-order valence-electron chi connectivity index (χ2n) is 8.10. The summed E-state index contributed by atoms with van der Waals surface area (Å²) in [4.78, 5) is 14.7. The van der Waals surface area contributed by atoms with Crippen molar-refractivity contribution < 1.29 is 9.18 Å². The highest BCUT2D eigenvalue weighted by Gasteiger charge is 2.15. The van der Waals surface area contributed by atoms with Crippen LogP contribution in [-0.4, -0.2) is 31.6 Å². The lowest BCUT2D eigenvalue weighted by molar-refractivity contribution is 0.102.